The molecule has 0 spiro atoms. The number of aromatic nitrogens is 5. The van der Waals surface area contributed by atoms with Gasteiger partial charge in [0.15, 0.2) is 5.65 Å². The number of aryl methyl sites for hydroxylation is 2. The minimum Gasteiger partial charge on any atom is -0.497 e. The normalized spacial score (nSPS) is 11.2. The highest BCUT2D eigenvalue weighted by atomic mass is 35.5. The number of rotatable bonds is 7. The second-order valence-electron chi connectivity index (χ2n) is 7.59. The molecule has 3 heterocycles. The number of benzene rings is 1. The summed E-state index contributed by atoms with van der Waals surface area (Å²) in [6, 6.07) is 9.81. The fourth-order valence-corrected chi connectivity index (χ4v) is 3.92. The van der Waals surface area contributed by atoms with E-state index in [4.69, 9.17) is 16.3 Å². The number of ether oxygens (including phenoxy) is 1. The Morgan fingerprint density at radius 1 is 1.06 bits per heavy atom. The van der Waals surface area contributed by atoms with E-state index in [2.05, 4.69) is 20.5 Å². The minimum absolute atomic E-state index is 0.0846. The van der Waals surface area contributed by atoms with Crippen LogP contribution in [0, 0.1) is 20.8 Å². The van der Waals surface area contributed by atoms with Crippen molar-refractivity contribution in [3.63, 3.8) is 0 Å². The molecule has 8 nitrogen and oxygen atoms in total. The number of hydrogen-bond donors (Lipinski definition) is 1. The summed E-state index contributed by atoms with van der Waals surface area (Å²) in [6.45, 7) is 6.78. The van der Waals surface area contributed by atoms with E-state index >= 15 is 0 Å². The molecule has 0 atom stereocenters. The molecular weight excluding hydrogens is 428 g/mol. The summed E-state index contributed by atoms with van der Waals surface area (Å²) in [6.07, 6.45) is 1.74. The molecule has 0 saturated carbocycles. The first-order valence-electron chi connectivity index (χ1n) is 10.3. The Kier molecular flexibility index (Phi) is 6.14. The summed E-state index contributed by atoms with van der Waals surface area (Å²) < 4.78 is 8.70. The van der Waals surface area contributed by atoms with E-state index in [9.17, 15) is 4.79 Å². The van der Waals surface area contributed by atoms with Crippen molar-refractivity contribution < 1.29 is 9.53 Å². The molecule has 0 saturated heterocycles. The van der Waals surface area contributed by atoms with Crippen molar-refractivity contribution in [1.29, 1.82) is 0 Å². The lowest BCUT2D eigenvalue weighted by Gasteiger charge is -2.08. The van der Waals surface area contributed by atoms with Crippen molar-refractivity contribution >= 4 is 28.5 Å². The molecule has 9 heteroatoms. The van der Waals surface area contributed by atoms with Crippen LogP contribution in [0.4, 0.5) is 0 Å². The summed E-state index contributed by atoms with van der Waals surface area (Å²) >= 11 is 6.18. The number of fused-ring (bicyclic) bond motifs is 1. The number of nitrogens with zero attached hydrogens (tertiary/aromatic N) is 5. The second-order valence-corrected chi connectivity index (χ2v) is 7.96. The Bertz CT molecular complexity index is 1280. The molecular formula is C23H25ClN6O2. The average molecular weight is 453 g/mol. The van der Waals surface area contributed by atoms with Gasteiger partial charge in [-0.3, -0.25) is 9.48 Å². The second kappa shape index (κ2) is 9.00. The van der Waals surface area contributed by atoms with Gasteiger partial charge in [-0.15, -0.1) is 0 Å². The maximum atomic E-state index is 12.6. The van der Waals surface area contributed by atoms with Crippen LogP contribution < -0.4 is 10.1 Å². The maximum Gasteiger partial charge on any atom is 0.241 e. The highest BCUT2D eigenvalue weighted by molar-refractivity contribution is 6.31. The first-order valence-corrected chi connectivity index (χ1v) is 10.7. The molecule has 0 aliphatic heterocycles. The highest BCUT2D eigenvalue weighted by Crippen LogP contribution is 2.30. The first-order chi connectivity index (χ1) is 15.4. The molecule has 0 aliphatic rings. The lowest BCUT2D eigenvalue weighted by atomic mass is 10.0. The number of amides is 1. The number of pyridine rings is 1. The van der Waals surface area contributed by atoms with Gasteiger partial charge in [0.25, 0.3) is 0 Å². The summed E-state index contributed by atoms with van der Waals surface area (Å²) in [5.74, 6) is 0.657. The number of carbonyl (C=O) groups is 1. The van der Waals surface area contributed by atoms with Gasteiger partial charge in [-0.05, 0) is 50.1 Å². The SMILES string of the molecule is COc1ccc(-c2ccnc3c2c(C)nn3CC(=O)NCCn2nc(C)c(Cl)c2C)cc1. The molecule has 0 fully saturated rings. The molecule has 1 aromatic carbocycles. The van der Waals surface area contributed by atoms with Crippen LogP contribution >= 0.6 is 11.6 Å². The monoisotopic (exact) mass is 452 g/mol. The third-order valence-corrected chi connectivity index (χ3v) is 5.99. The zero-order valence-corrected chi connectivity index (χ0v) is 19.3. The summed E-state index contributed by atoms with van der Waals surface area (Å²) in [5, 5.41) is 13.5. The van der Waals surface area contributed by atoms with Crippen LogP contribution in [0.15, 0.2) is 36.5 Å². The molecule has 4 aromatic rings. The van der Waals surface area contributed by atoms with Gasteiger partial charge in [-0.2, -0.15) is 10.2 Å². The predicted molar refractivity (Wildman–Crippen MR) is 124 cm³/mol. The van der Waals surface area contributed by atoms with E-state index in [-0.39, 0.29) is 12.5 Å². The van der Waals surface area contributed by atoms with Gasteiger partial charge in [0.1, 0.15) is 12.3 Å². The Balaban J connectivity index is 1.49. The van der Waals surface area contributed by atoms with Crippen molar-refractivity contribution in [2.75, 3.05) is 13.7 Å². The Morgan fingerprint density at radius 2 is 1.78 bits per heavy atom. The fraction of sp³-hybridized carbons (Fsp3) is 0.304. The standard InChI is InChI=1S/C23H25ClN6O2/c1-14-21-19(17-5-7-18(32-4)8-6-17)9-10-26-23(21)30(27-14)13-20(31)25-11-12-29-16(3)22(24)15(2)28-29/h5-10H,11-13H2,1-4H3,(H,25,31). The molecule has 0 unspecified atom stereocenters. The van der Waals surface area contributed by atoms with E-state index in [1.807, 2.05) is 51.1 Å². The zero-order valence-electron chi connectivity index (χ0n) is 18.5. The molecule has 1 N–H and O–H groups in total. The Morgan fingerprint density at radius 3 is 2.44 bits per heavy atom. The third-order valence-electron chi connectivity index (χ3n) is 5.44. The number of carbonyl (C=O) groups excluding carboxylic acids is 1. The largest absolute Gasteiger partial charge is 0.497 e. The van der Waals surface area contributed by atoms with Gasteiger partial charge in [-0.25, -0.2) is 9.67 Å². The summed E-state index contributed by atoms with van der Waals surface area (Å²) in [4.78, 5) is 17.1. The van der Waals surface area contributed by atoms with E-state index in [1.165, 1.54) is 0 Å². The van der Waals surface area contributed by atoms with E-state index in [0.29, 0.717) is 23.8 Å². The van der Waals surface area contributed by atoms with Crippen LogP contribution in [-0.4, -0.2) is 44.1 Å². The molecule has 0 aliphatic carbocycles. The average Bonchev–Trinajstić information content (AvgIpc) is 3.24. The van der Waals surface area contributed by atoms with E-state index in [0.717, 1.165) is 39.3 Å². The number of halogens is 1. The Labute approximate surface area is 191 Å². The lowest BCUT2D eigenvalue weighted by molar-refractivity contribution is -0.121. The number of hydrogen-bond acceptors (Lipinski definition) is 5. The molecule has 0 bridgehead atoms. The van der Waals surface area contributed by atoms with Crippen molar-refractivity contribution in [3.8, 4) is 16.9 Å². The summed E-state index contributed by atoms with van der Waals surface area (Å²) in [5.41, 5.74) is 5.23. The molecule has 166 valence electrons. The van der Waals surface area contributed by atoms with Gasteiger partial charge >= 0.3 is 0 Å². The first kappa shape index (κ1) is 21.8. The molecule has 32 heavy (non-hydrogen) atoms. The van der Waals surface area contributed by atoms with Crippen molar-refractivity contribution in [1.82, 2.24) is 29.9 Å². The van der Waals surface area contributed by atoms with Gasteiger partial charge in [-0.1, -0.05) is 23.7 Å². The third kappa shape index (κ3) is 4.18. The smallest absolute Gasteiger partial charge is 0.241 e. The van der Waals surface area contributed by atoms with Crippen LogP contribution in [-0.2, 0) is 17.9 Å². The topological polar surface area (TPSA) is 86.9 Å². The number of nitrogens with one attached hydrogen (secondary N) is 1. The molecule has 4 rings (SSSR count). The molecule has 0 radical (unpaired) electrons. The minimum atomic E-state index is -0.140. The van der Waals surface area contributed by atoms with Crippen LogP contribution in [0.1, 0.15) is 17.1 Å². The number of methoxy groups -OCH3 is 1. The van der Waals surface area contributed by atoms with Gasteiger partial charge in [0.05, 0.1) is 35.8 Å². The lowest BCUT2D eigenvalue weighted by Crippen LogP contribution is -2.31. The molecule has 1 amide bonds. The van der Waals surface area contributed by atoms with Crippen LogP contribution in [0.25, 0.3) is 22.2 Å². The van der Waals surface area contributed by atoms with Crippen molar-refractivity contribution in [2.45, 2.75) is 33.9 Å². The van der Waals surface area contributed by atoms with E-state index in [1.54, 1.807) is 22.7 Å². The predicted octanol–water partition coefficient (Wildman–Crippen LogP) is 3.70. The summed E-state index contributed by atoms with van der Waals surface area (Å²) in [7, 11) is 1.64. The maximum absolute atomic E-state index is 12.6. The van der Waals surface area contributed by atoms with Crippen molar-refractivity contribution in [2.24, 2.45) is 0 Å². The van der Waals surface area contributed by atoms with Crippen LogP contribution in [0.5, 0.6) is 5.75 Å². The fourth-order valence-electron chi connectivity index (χ4n) is 3.79. The van der Waals surface area contributed by atoms with Gasteiger partial charge in [0.2, 0.25) is 5.91 Å². The van der Waals surface area contributed by atoms with Gasteiger partial charge < -0.3 is 10.1 Å². The Hall–Kier alpha value is -3.39. The van der Waals surface area contributed by atoms with Crippen molar-refractivity contribution in [3.05, 3.63) is 58.6 Å². The highest BCUT2D eigenvalue weighted by Gasteiger charge is 2.16. The zero-order chi connectivity index (χ0) is 22.8. The van der Waals surface area contributed by atoms with E-state index < -0.39 is 0 Å². The van der Waals surface area contributed by atoms with Gasteiger partial charge in [0, 0.05) is 18.1 Å². The molecule has 3 aromatic heterocycles. The quantitative estimate of drug-likeness (QED) is 0.462. The van der Waals surface area contributed by atoms with Crippen LogP contribution in [0.3, 0.4) is 0 Å². The van der Waals surface area contributed by atoms with Crippen LogP contribution in [0.2, 0.25) is 5.02 Å².